The third-order valence-electron chi connectivity index (χ3n) is 2.66. The average molecular weight is 301 g/mol. The van der Waals surface area contributed by atoms with Gasteiger partial charge in [-0.2, -0.15) is 5.10 Å². The molecule has 0 saturated heterocycles. The number of aromatic nitrogens is 5. The second-order valence-electron chi connectivity index (χ2n) is 4.04. The maximum Gasteiger partial charge on any atom is 0.255 e. The molecule has 0 aromatic carbocycles. The van der Waals surface area contributed by atoms with Crippen LogP contribution >= 0.6 is 11.6 Å². The van der Waals surface area contributed by atoms with Gasteiger partial charge in [0.25, 0.3) is 5.91 Å². The molecule has 0 aliphatic heterocycles. The van der Waals surface area contributed by atoms with Crippen molar-refractivity contribution < 1.29 is 4.79 Å². The van der Waals surface area contributed by atoms with Crippen molar-refractivity contribution in [3.05, 3.63) is 60.0 Å². The van der Waals surface area contributed by atoms with Gasteiger partial charge < -0.3 is 5.32 Å². The van der Waals surface area contributed by atoms with E-state index < -0.39 is 0 Å². The Balaban J connectivity index is 1.90. The van der Waals surface area contributed by atoms with Crippen LogP contribution in [0, 0.1) is 0 Å². The smallest absolute Gasteiger partial charge is 0.255 e. The lowest BCUT2D eigenvalue weighted by Gasteiger charge is -2.09. The maximum atomic E-state index is 12.2. The summed E-state index contributed by atoms with van der Waals surface area (Å²) in [5.74, 6) is 0.164. The van der Waals surface area contributed by atoms with E-state index in [1.54, 1.807) is 24.4 Å². The van der Waals surface area contributed by atoms with Crippen molar-refractivity contribution >= 4 is 23.2 Å². The number of carbonyl (C=O) groups is 1. The number of hydrogen-bond donors (Lipinski definition) is 1. The average Bonchev–Trinajstić information content (AvgIpc) is 3.02. The molecular weight excluding hydrogens is 292 g/mol. The van der Waals surface area contributed by atoms with Crippen LogP contribution in [-0.4, -0.2) is 30.6 Å². The van der Waals surface area contributed by atoms with Crippen LogP contribution in [0.15, 0.2) is 49.3 Å². The van der Waals surface area contributed by atoms with E-state index in [0.29, 0.717) is 17.1 Å². The normalized spacial score (nSPS) is 10.3. The lowest BCUT2D eigenvalue weighted by Crippen LogP contribution is -2.14. The van der Waals surface area contributed by atoms with Crippen molar-refractivity contribution in [3.8, 4) is 5.82 Å². The van der Waals surface area contributed by atoms with Crippen molar-refractivity contribution in [1.29, 1.82) is 0 Å². The molecule has 0 spiro atoms. The van der Waals surface area contributed by atoms with Gasteiger partial charge >= 0.3 is 0 Å². The predicted octanol–water partition coefficient (Wildman–Crippen LogP) is 1.96. The van der Waals surface area contributed by atoms with Crippen molar-refractivity contribution in [2.45, 2.75) is 0 Å². The van der Waals surface area contributed by atoms with Crippen LogP contribution in [-0.2, 0) is 0 Å². The SMILES string of the molecule is O=C(Nc1cccnc1-n1cncn1)c1ccnc(Cl)c1. The summed E-state index contributed by atoms with van der Waals surface area (Å²) in [7, 11) is 0. The number of anilines is 1. The minimum absolute atomic E-state index is 0.255. The highest BCUT2D eigenvalue weighted by atomic mass is 35.5. The third kappa shape index (κ3) is 2.87. The van der Waals surface area contributed by atoms with E-state index in [2.05, 4.69) is 25.4 Å². The molecule has 1 N–H and O–H groups in total. The fourth-order valence-electron chi connectivity index (χ4n) is 1.73. The maximum absolute atomic E-state index is 12.2. The van der Waals surface area contributed by atoms with Crippen LogP contribution in [0.5, 0.6) is 0 Å². The summed E-state index contributed by atoms with van der Waals surface area (Å²) < 4.78 is 1.47. The van der Waals surface area contributed by atoms with Crippen molar-refractivity contribution in [2.75, 3.05) is 5.32 Å². The van der Waals surface area contributed by atoms with Gasteiger partial charge in [0.1, 0.15) is 17.8 Å². The zero-order chi connectivity index (χ0) is 14.7. The van der Waals surface area contributed by atoms with E-state index in [0.717, 1.165) is 0 Å². The van der Waals surface area contributed by atoms with Crippen molar-refractivity contribution in [2.24, 2.45) is 0 Å². The van der Waals surface area contributed by atoms with Crippen LogP contribution in [0.4, 0.5) is 5.69 Å². The van der Waals surface area contributed by atoms with E-state index in [-0.39, 0.29) is 11.1 Å². The fourth-order valence-corrected chi connectivity index (χ4v) is 1.91. The Labute approximate surface area is 124 Å². The third-order valence-corrected chi connectivity index (χ3v) is 2.87. The van der Waals surface area contributed by atoms with Gasteiger partial charge in [0, 0.05) is 18.0 Å². The highest BCUT2D eigenvalue weighted by Crippen LogP contribution is 2.17. The van der Waals surface area contributed by atoms with Gasteiger partial charge in [0.05, 0.1) is 5.69 Å². The molecule has 3 aromatic heterocycles. The van der Waals surface area contributed by atoms with Gasteiger partial charge in [-0.3, -0.25) is 4.79 Å². The van der Waals surface area contributed by atoms with E-state index in [1.807, 2.05) is 0 Å². The predicted molar refractivity (Wildman–Crippen MR) is 76.4 cm³/mol. The van der Waals surface area contributed by atoms with Gasteiger partial charge in [0.15, 0.2) is 5.82 Å². The number of halogens is 1. The summed E-state index contributed by atoms with van der Waals surface area (Å²) in [5.41, 5.74) is 0.921. The van der Waals surface area contributed by atoms with Gasteiger partial charge in [0.2, 0.25) is 0 Å². The van der Waals surface area contributed by atoms with Gasteiger partial charge in [-0.05, 0) is 24.3 Å². The number of nitrogens with zero attached hydrogens (tertiary/aromatic N) is 5. The summed E-state index contributed by atoms with van der Waals surface area (Å²) >= 11 is 5.78. The Morgan fingerprint density at radius 2 is 2.14 bits per heavy atom. The summed E-state index contributed by atoms with van der Waals surface area (Å²) in [4.78, 5) is 24.1. The molecular formula is C13H9ClN6O. The highest BCUT2D eigenvalue weighted by molar-refractivity contribution is 6.29. The van der Waals surface area contributed by atoms with Crippen LogP contribution < -0.4 is 5.32 Å². The number of rotatable bonds is 3. The first-order valence-electron chi connectivity index (χ1n) is 5.97. The largest absolute Gasteiger partial charge is 0.319 e. The Morgan fingerprint density at radius 3 is 2.90 bits per heavy atom. The molecule has 0 bridgehead atoms. The number of nitrogens with one attached hydrogen (secondary N) is 1. The second kappa shape index (κ2) is 5.68. The molecule has 3 rings (SSSR count). The van der Waals surface area contributed by atoms with Gasteiger partial charge in [-0.1, -0.05) is 11.6 Å². The molecule has 0 aliphatic rings. The molecule has 8 heteroatoms. The Bertz CT molecular complexity index is 774. The van der Waals surface area contributed by atoms with Crippen LogP contribution in [0.2, 0.25) is 5.15 Å². The zero-order valence-electron chi connectivity index (χ0n) is 10.6. The van der Waals surface area contributed by atoms with Crippen molar-refractivity contribution in [3.63, 3.8) is 0 Å². The minimum atomic E-state index is -0.311. The lowest BCUT2D eigenvalue weighted by molar-refractivity contribution is 0.102. The Morgan fingerprint density at radius 1 is 1.24 bits per heavy atom. The topological polar surface area (TPSA) is 85.6 Å². The number of carbonyl (C=O) groups excluding carboxylic acids is 1. The molecule has 0 aliphatic carbocycles. The fraction of sp³-hybridized carbons (Fsp3) is 0. The first-order chi connectivity index (χ1) is 10.2. The first-order valence-corrected chi connectivity index (χ1v) is 6.35. The van der Waals surface area contributed by atoms with E-state index >= 15 is 0 Å². The first kappa shape index (κ1) is 13.2. The monoisotopic (exact) mass is 300 g/mol. The van der Waals surface area contributed by atoms with E-state index in [4.69, 9.17) is 11.6 Å². The molecule has 104 valence electrons. The molecule has 1 amide bonds. The summed E-state index contributed by atoms with van der Waals surface area (Å²) in [6, 6.07) is 6.51. The lowest BCUT2D eigenvalue weighted by atomic mass is 10.2. The zero-order valence-corrected chi connectivity index (χ0v) is 11.4. The number of pyridine rings is 2. The standard InChI is InChI=1S/C13H9ClN6O/c14-11-6-9(3-5-16-11)13(21)19-10-2-1-4-17-12(10)20-8-15-7-18-20/h1-8H,(H,19,21). The summed E-state index contributed by atoms with van der Waals surface area (Å²) in [5, 5.41) is 7.02. The van der Waals surface area contributed by atoms with Crippen LogP contribution in [0.3, 0.4) is 0 Å². The molecule has 0 fully saturated rings. The van der Waals surface area contributed by atoms with E-state index in [1.165, 1.54) is 29.6 Å². The number of amides is 1. The molecule has 0 radical (unpaired) electrons. The Hall–Kier alpha value is -2.80. The highest BCUT2D eigenvalue weighted by Gasteiger charge is 2.12. The molecule has 3 heterocycles. The van der Waals surface area contributed by atoms with Gasteiger partial charge in [-0.15, -0.1) is 0 Å². The Kier molecular flexibility index (Phi) is 3.57. The molecule has 0 atom stereocenters. The molecule has 21 heavy (non-hydrogen) atoms. The van der Waals surface area contributed by atoms with Crippen molar-refractivity contribution in [1.82, 2.24) is 24.7 Å². The minimum Gasteiger partial charge on any atom is -0.319 e. The summed E-state index contributed by atoms with van der Waals surface area (Å²) in [6.45, 7) is 0. The number of hydrogen-bond acceptors (Lipinski definition) is 5. The summed E-state index contributed by atoms with van der Waals surface area (Å²) in [6.07, 6.45) is 5.97. The molecule has 0 unspecified atom stereocenters. The molecule has 7 nitrogen and oxygen atoms in total. The van der Waals surface area contributed by atoms with E-state index in [9.17, 15) is 4.79 Å². The quantitative estimate of drug-likeness (QED) is 0.747. The molecule has 0 saturated carbocycles. The van der Waals surface area contributed by atoms with Gasteiger partial charge in [-0.25, -0.2) is 19.6 Å². The van der Waals surface area contributed by atoms with Crippen LogP contribution in [0.25, 0.3) is 5.82 Å². The molecule has 3 aromatic rings. The second-order valence-corrected chi connectivity index (χ2v) is 4.42. The van der Waals surface area contributed by atoms with Crippen LogP contribution in [0.1, 0.15) is 10.4 Å².